The van der Waals surface area contributed by atoms with E-state index < -0.39 is 36.4 Å². The summed E-state index contributed by atoms with van der Waals surface area (Å²) < 4.78 is 5.69. The lowest BCUT2D eigenvalue weighted by Crippen LogP contribution is -2.42. The number of Topliss-reactive ketones (excluding diaryl/α,β-unsaturated/α-hetero) is 1. The quantitative estimate of drug-likeness (QED) is 0.199. The Balaban J connectivity index is 0.000000366. The van der Waals surface area contributed by atoms with Crippen molar-refractivity contribution in [1.29, 1.82) is 0 Å². The molecule has 188 valence electrons. The minimum Gasteiger partial charge on any atom is -0.499 e. The molecule has 0 aromatic heterocycles. The van der Waals surface area contributed by atoms with Gasteiger partial charge in [-0.25, -0.2) is 4.79 Å². The highest BCUT2D eigenvalue weighted by molar-refractivity contribution is 5.99. The van der Waals surface area contributed by atoms with E-state index in [9.17, 15) is 19.2 Å². The number of likely N-dealkylation sites (N-methyl/N-ethyl adjacent to an activating group) is 1. The summed E-state index contributed by atoms with van der Waals surface area (Å²) in [5, 5.41) is 33.8. The van der Waals surface area contributed by atoms with Crippen LogP contribution in [0.1, 0.15) is 53.9 Å². The second-order valence-electron chi connectivity index (χ2n) is 9.36. The van der Waals surface area contributed by atoms with Crippen LogP contribution in [0.3, 0.4) is 0 Å². The van der Waals surface area contributed by atoms with Crippen molar-refractivity contribution in [1.82, 2.24) is 4.90 Å². The number of ketones is 1. The van der Waals surface area contributed by atoms with Crippen LogP contribution in [0.2, 0.25) is 0 Å². The molecule has 0 unspecified atom stereocenters. The van der Waals surface area contributed by atoms with Crippen LogP contribution >= 0.6 is 0 Å². The van der Waals surface area contributed by atoms with E-state index in [2.05, 4.69) is 39.5 Å². The van der Waals surface area contributed by atoms with Gasteiger partial charge in [0.1, 0.15) is 0 Å². The molecule has 33 heavy (non-hydrogen) atoms. The van der Waals surface area contributed by atoms with E-state index in [-0.39, 0.29) is 11.3 Å². The van der Waals surface area contributed by atoms with Crippen molar-refractivity contribution in [3.63, 3.8) is 0 Å². The van der Waals surface area contributed by atoms with Gasteiger partial charge in [0, 0.05) is 18.0 Å². The number of carboxylic acids is 3. The number of carbonyl (C=O) groups excluding carboxylic acids is 1. The zero-order chi connectivity index (χ0) is 25.6. The fourth-order valence-electron chi connectivity index (χ4n) is 4.44. The molecule has 0 heterocycles. The topological polar surface area (TPSA) is 162 Å². The van der Waals surface area contributed by atoms with Crippen LogP contribution in [0, 0.1) is 23.2 Å². The van der Waals surface area contributed by atoms with Gasteiger partial charge in [0.15, 0.2) is 11.4 Å². The van der Waals surface area contributed by atoms with E-state index >= 15 is 0 Å². The van der Waals surface area contributed by atoms with Gasteiger partial charge in [0.2, 0.25) is 0 Å². The fraction of sp³-hybridized carbons (Fsp3) is 0.739. The van der Waals surface area contributed by atoms with Crippen molar-refractivity contribution in [3.8, 4) is 0 Å². The van der Waals surface area contributed by atoms with E-state index in [1.165, 1.54) is 0 Å². The lowest BCUT2D eigenvalue weighted by molar-refractivity contribution is -0.170. The first-order valence-electron chi connectivity index (χ1n) is 11.2. The molecule has 0 radical (unpaired) electrons. The molecule has 0 saturated heterocycles. The largest absolute Gasteiger partial charge is 0.499 e. The number of aliphatic carboxylic acids is 3. The SMILES string of the molecule is CCN(CC)CCO/C=C1\C(=O)[C@H](C)C[C@H]2[C@@H]1C2(C)C.O=C(O)CC(O)(CC(=O)O)C(=O)O. The van der Waals surface area contributed by atoms with E-state index in [1.807, 2.05) is 0 Å². The maximum atomic E-state index is 12.3. The Hall–Kier alpha value is -2.46. The molecular formula is C23H37NO9. The van der Waals surface area contributed by atoms with Gasteiger partial charge >= 0.3 is 17.9 Å². The molecule has 2 aliphatic rings. The Morgan fingerprint density at radius 2 is 1.64 bits per heavy atom. The van der Waals surface area contributed by atoms with Gasteiger partial charge in [0.25, 0.3) is 0 Å². The smallest absolute Gasteiger partial charge is 0.336 e. The van der Waals surface area contributed by atoms with Gasteiger partial charge in [0.05, 0.1) is 25.7 Å². The minimum absolute atomic E-state index is 0.163. The Kier molecular flexibility index (Phi) is 10.0. The molecule has 0 spiro atoms. The number of rotatable bonds is 11. The Bertz CT molecular complexity index is 754. The molecule has 10 heteroatoms. The molecule has 2 rings (SSSR count). The molecule has 2 saturated carbocycles. The summed E-state index contributed by atoms with van der Waals surface area (Å²) in [6, 6.07) is 0. The monoisotopic (exact) mass is 471 g/mol. The average molecular weight is 472 g/mol. The molecule has 0 bridgehead atoms. The third-order valence-electron chi connectivity index (χ3n) is 6.64. The number of carboxylic acid groups (broad SMARTS) is 3. The number of carbonyl (C=O) groups is 4. The number of hydrogen-bond acceptors (Lipinski definition) is 7. The van der Waals surface area contributed by atoms with Crippen molar-refractivity contribution in [2.45, 2.75) is 59.5 Å². The van der Waals surface area contributed by atoms with Crippen LogP contribution in [-0.2, 0) is 23.9 Å². The Morgan fingerprint density at radius 1 is 1.12 bits per heavy atom. The van der Waals surface area contributed by atoms with Gasteiger partial charge in [-0.3, -0.25) is 14.4 Å². The van der Waals surface area contributed by atoms with Crippen molar-refractivity contribution in [2.24, 2.45) is 23.2 Å². The van der Waals surface area contributed by atoms with E-state index in [1.54, 1.807) is 6.26 Å². The van der Waals surface area contributed by atoms with Gasteiger partial charge in [-0.2, -0.15) is 0 Å². The predicted octanol–water partition coefficient (Wildman–Crippen LogP) is 1.86. The standard InChI is InChI=1S/C17H29NO2.C6H8O7/c1-6-18(7-2)8-9-20-11-13-15-14(17(15,4)5)10-12(3)16(13)19;7-3(8)1-6(13,5(11)12)2-4(9)10/h11-12,14-15H,6-10H2,1-5H3;13H,1-2H2,(H,7,8)(H,9,10)(H,11,12)/b13-11-;/t12-,14+,15-;/m1./s1. The van der Waals surface area contributed by atoms with E-state index in [4.69, 9.17) is 25.2 Å². The minimum atomic E-state index is -2.74. The number of ether oxygens (including phenoxy) is 1. The summed E-state index contributed by atoms with van der Waals surface area (Å²) in [5.74, 6) is -3.45. The zero-order valence-electron chi connectivity index (χ0n) is 20.0. The molecule has 0 aromatic carbocycles. The number of allylic oxidation sites excluding steroid dienone is 1. The second kappa shape index (κ2) is 11.6. The van der Waals surface area contributed by atoms with E-state index in [0.29, 0.717) is 24.2 Å². The summed E-state index contributed by atoms with van der Waals surface area (Å²) >= 11 is 0. The molecule has 0 aromatic rings. The van der Waals surface area contributed by atoms with Crippen LogP contribution in [0.4, 0.5) is 0 Å². The number of fused-ring (bicyclic) bond motifs is 1. The number of nitrogens with zero attached hydrogens (tertiary/aromatic N) is 1. The first-order chi connectivity index (χ1) is 15.2. The predicted molar refractivity (Wildman–Crippen MR) is 118 cm³/mol. The molecule has 4 N–H and O–H groups in total. The molecule has 3 atom stereocenters. The molecular weight excluding hydrogens is 434 g/mol. The summed E-state index contributed by atoms with van der Waals surface area (Å²) in [6.45, 7) is 14.6. The van der Waals surface area contributed by atoms with Gasteiger partial charge in [-0.1, -0.05) is 34.6 Å². The van der Waals surface area contributed by atoms with Gasteiger partial charge < -0.3 is 30.1 Å². The van der Waals surface area contributed by atoms with Crippen LogP contribution in [0.25, 0.3) is 0 Å². The van der Waals surface area contributed by atoms with Crippen LogP contribution in [0.15, 0.2) is 11.8 Å². The van der Waals surface area contributed by atoms with Crippen LogP contribution in [0.5, 0.6) is 0 Å². The highest BCUT2D eigenvalue weighted by Crippen LogP contribution is 2.66. The van der Waals surface area contributed by atoms with Crippen molar-refractivity contribution in [2.75, 3.05) is 26.2 Å². The second-order valence-corrected chi connectivity index (χ2v) is 9.36. The van der Waals surface area contributed by atoms with Crippen LogP contribution in [-0.4, -0.2) is 80.9 Å². The Labute approximate surface area is 194 Å². The highest BCUT2D eigenvalue weighted by Gasteiger charge is 2.63. The maximum absolute atomic E-state index is 12.3. The molecule has 0 amide bonds. The van der Waals surface area contributed by atoms with E-state index in [0.717, 1.165) is 31.6 Å². The lowest BCUT2D eigenvalue weighted by Gasteiger charge is -2.19. The summed E-state index contributed by atoms with van der Waals surface area (Å²) in [6.07, 6.45) is 0.532. The van der Waals surface area contributed by atoms with Crippen LogP contribution < -0.4 is 0 Å². The third kappa shape index (κ3) is 7.53. The summed E-state index contributed by atoms with van der Waals surface area (Å²) in [4.78, 5) is 45.1. The third-order valence-corrected chi connectivity index (χ3v) is 6.64. The molecule has 0 aliphatic heterocycles. The van der Waals surface area contributed by atoms with Gasteiger partial charge in [-0.15, -0.1) is 0 Å². The van der Waals surface area contributed by atoms with Gasteiger partial charge in [-0.05, 0) is 36.8 Å². The summed E-state index contributed by atoms with van der Waals surface area (Å²) in [7, 11) is 0. The highest BCUT2D eigenvalue weighted by atomic mass is 16.5. The molecule has 2 aliphatic carbocycles. The lowest BCUT2D eigenvalue weighted by atomic mass is 9.86. The van der Waals surface area contributed by atoms with Crippen molar-refractivity contribution < 1.29 is 44.3 Å². The summed E-state index contributed by atoms with van der Waals surface area (Å²) in [5.41, 5.74) is -1.51. The zero-order valence-corrected chi connectivity index (χ0v) is 20.0. The first kappa shape index (κ1) is 28.6. The maximum Gasteiger partial charge on any atom is 0.336 e. The number of aliphatic hydroxyl groups is 1. The van der Waals surface area contributed by atoms with Crippen molar-refractivity contribution >= 4 is 23.7 Å². The molecule has 2 fully saturated rings. The first-order valence-corrected chi connectivity index (χ1v) is 11.2. The van der Waals surface area contributed by atoms with Crippen molar-refractivity contribution in [3.05, 3.63) is 11.8 Å². The number of hydrogen-bond donors (Lipinski definition) is 4. The Morgan fingerprint density at radius 3 is 2.06 bits per heavy atom. The average Bonchev–Trinajstić information content (AvgIpc) is 3.23. The molecule has 10 nitrogen and oxygen atoms in total. The fourth-order valence-corrected chi connectivity index (χ4v) is 4.44. The normalized spacial score (nSPS) is 24.5.